The van der Waals surface area contributed by atoms with Gasteiger partial charge in [0.25, 0.3) is 0 Å². The zero-order valence-corrected chi connectivity index (χ0v) is 18.6. The number of β-amino-alcohol motifs (C(OH)–C–C–N with tert-alkyl or cyclic N) is 1. The number of rotatable bonds is 7. The number of nitrogens with one attached hydrogen (secondary N) is 1. The summed E-state index contributed by atoms with van der Waals surface area (Å²) in [4.78, 5) is 6.50. The maximum Gasteiger partial charge on any atom is 0.487 e. The Bertz CT molecular complexity index is 1210. The largest absolute Gasteiger partial charge is 0.487 e. The van der Waals surface area contributed by atoms with Crippen molar-refractivity contribution in [1.82, 2.24) is 4.98 Å². The van der Waals surface area contributed by atoms with E-state index in [1.165, 1.54) is 18.2 Å². The molecule has 0 aliphatic carbocycles. The molecule has 10 heteroatoms. The number of anilines is 2. The van der Waals surface area contributed by atoms with Crippen molar-refractivity contribution in [3.05, 3.63) is 71.7 Å². The number of alkyl halides is 3. The predicted molar refractivity (Wildman–Crippen MR) is 122 cm³/mol. The van der Waals surface area contributed by atoms with Crippen LogP contribution >= 0.6 is 11.6 Å². The number of aliphatic hydroxyl groups is 1. The molecule has 1 aliphatic heterocycles. The second kappa shape index (κ2) is 9.79. The Morgan fingerprint density at radius 2 is 2.00 bits per heavy atom. The maximum absolute atomic E-state index is 14.2. The average Bonchev–Trinajstić information content (AvgIpc) is 3.23. The van der Waals surface area contributed by atoms with Crippen molar-refractivity contribution in [2.75, 3.05) is 23.3 Å². The Kier molecular flexibility index (Phi) is 6.82. The minimum absolute atomic E-state index is 0.0777. The Balaban J connectivity index is 1.59. The van der Waals surface area contributed by atoms with Gasteiger partial charge >= 0.3 is 5.57 Å². The van der Waals surface area contributed by atoms with Gasteiger partial charge in [0, 0.05) is 48.7 Å². The van der Waals surface area contributed by atoms with E-state index < -0.39 is 17.5 Å². The summed E-state index contributed by atoms with van der Waals surface area (Å²) >= 11 is 4.77. The van der Waals surface area contributed by atoms with E-state index in [1.54, 1.807) is 24.4 Å². The molecule has 2 N–H and O–H groups in total. The molecular formula is C24H20ClF3N4O2. The number of nitrogens with zero attached hydrogens (tertiary/aromatic N) is 3. The molecule has 1 unspecified atom stereocenters. The molecule has 0 saturated carbocycles. The lowest BCUT2D eigenvalue weighted by Gasteiger charge is -2.21. The Morgan fingerprint density at radius 3 is 2.65 bits per heavy atom. The molecule has 3 aromatic rings. The number of hydrogen-bond acceptors (Lipinski definition) is 6. The third-order valence-corrected chi connectivity index (χ3v) is 5.39. The first kappa shape index (κ1) is 23.7. The van der Waals surface area contributed by atoms with E-state index in [0.717, 1.165) is 11.6 Å². The molecule has 1 fully saturated rings. The number of benzene rings is 2. The molecule has 2 heterocycles. The van der Waals surface area contributed by atoms with Gasteiger partial charge < -0.3 is 20.1 Å². The maximum atomic E-state index is 14.2. The van der Waals surface area contributed by atoms with Gasteiger partial charge in [-0.15, -0.1) is 8.78 Å². The molecule has 2 aromatic carbocycles. The molecule has 1 aromatic heterocycles. The van der Waals surface area contributed by atoms with Crippen LogP contribution in [0.25, 0.3) is 11.1 Å². The predicted octanol–water partition coefficient (Wildman–Crippen LogP) is 5.11. The van der Waals surface area contributed by atoms with Crippen molar-refractivity contribution in [3.63, 3.8) is 0 Å². The van der Waals surface area contributed by atoms with Gasteiger partial charge in [0.15, 0.2) is 0 Å². The van der Waals surface area contributed by atoms with Gasteiger partial charge in [-0.2, -0.15) is 5.26 Å². The fourth-order valence-electron chi connectivity index (χ4n) is 3.78. The normalized spacial score (nSPS) is 15.8. The van der Waals surface area contributed by atoms with Crippen molar-refractivity contribution >= 4 is 23.1 Å². The number of halogens is 4. The van der Waals surface area contributed by atoms with Crippen molar-refractivity contribution in [2.45, 2.75) is 24.6 Å². The van der Waals surface area contributed by atoms with Gasteiger partial charge in [0.1, 0.15) is 17.4 Å². The SMILES string of the molecule is N#Cc1cc(F)cc(-c2cc(CNc3ccc(OC(F)(F)Cl)cc3)cnc2N2CCC(O)C2)c1. The van der Waals surface area contributed by atoms with Gasteiger partial charge in [0.05, 0.1) is 17.7 Å². The molecule has 4 rings (SSSR count). The molecule has 34 heavy (non-hydrogen) atoms. The van der Waals surface area contributed by atoms with Gasteiger partial charge in [-0.05, 0) is 66.1 Å². The quantitative estimate of drug-likeness (QED) is 0.450. The van der Waals surface area contributed by atoms with Crippen LogP contribution in [0.15, 0.2) is 54.7 Å². The van der Waals surface area contributed by atoms with E-state index in [-0.39, 0.29) is 11.3 Å². The van der Waals surface area contributed by atoms with E-state index in [0.29, 0.717) is 48.7 Å². The van der Waals surface area contributed by atoms with E-state index in [4.69, 9.17) is 11.6 Å². The van der Waals surface area contributed by atoms with Crippen molar-refractivity contribution in [3.8, 4) is 22.9 Å². The van der Waals surface area contributed by atoms with Gasteiger partial charge in [0.2, 0.25) is 0 Å². The van der Waals surface area contributed by atoms with E-state index in [9.17, 15) is 23.5 Å². The first-order chi connectivity index (χ1) is 16.2. The van der Waals surface area contributed by atoms with Crippen molar-refractivity contribution in [1.29, 1.82) is 5.26 Å². The highest BCUT2D eigenvalue weighted by Gasteiger charge is 2.27. The molecule has 1 atom stereocenters. The summed E-state index contributed by atoms with van der Waals surface area (Å²) in [5.41, 5.74) is -1.03. The lowest BCUT2D eigenvalue weighted by Crippen LogP contribution is -2.23. The Labute approximate surface area is 199 Å². The van der Waals surface area contributed by atoms with Gasteiger partial charge in [-0.1, -0.05) is 0 Å². The molecule has 0 spiro atoms. The highest BCUT2D eigenvalue weighted by atomic mass is 35.5. The van der Waals surface area contributed by atoms with Crippen LogP contribution in [0.3, 0.4) is 0 Å². The van der Waals surface area contributed by atoms with Crippen LogP contribution < -0.4 is 15.0 Å². The fourth-order valence-corrected chi connectivity index (χ4v) is 3.87. The van der Waals surface area contributed by atoms with Crippen LogP contribution in [0.5, 0.6) is 5.75 Å². The monoisotopic (exact) mass is 488 g/mol. The number of pyridine rings is 1. The number of nitriles is 1. The molecule has 1 saturated heterocycles. The Hall–Kier alpha value is -3.48. The smallest absolute Gasteiger partial charge is 0.420 e. The number of aliphatic hydroxyl groups excluding tert-OH is 1. The summed E-state index contributed by atoms with van der Waals surface area (Å²) in [5.74, 6) is -0.0147. The summed E-state index contributed by atoms with van der Waals surface area (Å²) < 4.78 is 44.0. The van der Waals surface area contributed by atoms with Crippen LogP contribution in [0, 0.1) is 17.1 Å². The van der Waals surface area contributed by atoms with Gasteiger partial charge in [-0.3, -0.25) is 0 Å². The molecule has 0 bridgehead atoms. The average molecular weight is 489 g/mol. The number of hydrogen-bond donors (Lipinski definition) is 2. The van der Waals surface area contributed by atoms with Crippen molar-refractivity contribution < 1.29 is 23.0 Å². The third kappa shape index (κ3) is 5.90. The second-order valence-electron chi connectivity index (χ2n) is 7.87. The minimum atomic E-state index is -3.79. The van der Waals surface area contributed by atoms with Crippen LogP contribution in [-0.4, -0.2) is 34.9 Å². The molecule has 6 nitrogen and oxygen atoms in total. The molecular weight excluding hydrogens is 469 g/mol. The molecule has 1 aliphatic rings. The van der Waals surface area contributed by atoms with Crippen LogP contribution in [-0.2, 0) is 6.54 Å². The fraction of sp³-hybridized carbons (Fsp3) is 0.250. The summed E-state index contributed by atoms with van der Waals surface area (Å²) in [5, 5.41) is 22.4. The van der Waals surface area contributed by atoms with Crippen molar-refractivity contribution in [2.24, 2.45) is 0 Å². The van der Waals surface area contributed by atoms with Crippen LogP contribution in [0.1, 0.15) is 17.5 Å². The summed E-state index contributed by atoms with van der Waals surface area (Å²) in [6.07, 6.45) is 1.81. The first-order valence-electron chi connectivity index (χ1n) is 10.4. The minimum Gasteiger partial charge on any atom is -0.420 e. The van der Waals surface area contributed by atoms with E-state index in [1.807, 2.05) is 17.0 Å². The van der Waals surface area contributed by atoms with Crippen LogP contribution in [0.4, 0.5) is 24.7 Å². The Morgan fingerprint density at radius 1 is 1.24 bits per heavy atom. The second-order valence-corrected chi connectivity index (χ2v) is 8.31. The number of ether oxygens (including phenoxy) is 1. The van der Waals surface area contributed by atoms with E-state index in [2.05, 4.69) is 15.0 Å². The lowest BCUT2D eigenvalue weighted by atomic mass is 10.0. The summed E-state index contributed by atoms with van der Waals surface area (Å²) in [6.45, 7) is 1.36. The summed E-state index contributed by atoms with van der Waals surface area (Å²) in [7, 11) is 0. The zero-order valence-electron chi connectivity index (χ0n) is 17.8. The number of aromatic nitrogens is 1. The highest BCUT2D eigenvalue weighted by Crippen LogP contribution is 2.33. The lowest BCUT2D eigenvalue weighted by molar-refractivity contribution is -0.0964. The zero-order chi connectivity index (χ0) is 24.3. The first-order valence-corrected chi connectivity index (χ1v) is 10.8. The highest BCUT2D eigenvalue weighted by molar-refractivity contribution is 6.20. The summed E-state index contributed by atoms with van der Waals surface area (Å²) in [6, 6.07) is 13.8. The standard InChI is InChI=1S/C24H20ClF3N4O2/c25-24(27,28)34-21-3-1-19(2-4-21)30-12-16-9-22(17-7-15(11-29)8-18(26)10-17)23(31-13-16)32-6-5-20(33)14-32/h1-4,7-10,13,20,30,33H,5-6,12,14H2. The topological polar surface area (TPSA) is 81.4 Å². The van der Waals surface area contributed by atoms with Crippen LogP contribution in [0.2, 0.25) is 0 Å². The molecule has 176 valence electrons. The molecule has 0 amide bonds. The van der Waals surface area contributed by atoms with Gasteiger partial charge in [-0.25, -0.2) is 9.37 Å². The van der Waals surface area contributed by atoms with E-state index >= 15 is 0 Å². The molecule has 0 radical (unpaired) electrons. The third-order valence-electron chi connectivity index (χ3n) is 5.31.